The number of nitrogen functional groups attached to an aromatic ring is 1. The lowest BCUT2D eigenvalue weighted by molar-refractivity contribution is 0.578. The zero-order chi connectivity index (χ0) is 15.6. The van der Waals surface area contributed by atoms with Crippen LogP contribution in [0.5, 0.6) is 0 Å². The van der Waals surface area contributed by atoms with Crippen LogP contribution < -0.4 is 5.73 Å². The van der Waals surface area contributed by atoms with Gasteiger partial charge in [0.2, 0.25) is 5.95 Å². The second kappa shape index (κ2) is 5.42. The summed E-state index contributed by atoms with van der Waals surface area (Å²) in [6.07, 6.45) is 8.61. The Kier molecular flexibility index (Phi) is 3.12. The Hall–Kier alpha value is -3.41. The second-order valence-corrected chi connectivity index (χ2v) is 5.01. The van der Waals surface area contributed by atoms with Crippen LogP contribution in [0.3, 0.4) is 0 Å². The van der Waals surface area contributed by atoms with Gasteiger partial charge in [-0.1, -0.05) is 12.1 Å². The monoisotopic (exact) mass is 303 g/mol. The first-order valence-corrected chi connectivity index (χ1v) is 7.06. The van der Waals surface area contributed by atoms with Gasteiger partial charge in [-0.15, -0.1) is 0 Å². The minimum atomic E-state index is 0.264. The number of hydrogen-bond acceptors (Lipinski definition) is 5. The molecule has 6 heteroatoms. The van der Waals surface area contributed by atoms with Crippen LogP contribution in [0, 0.1) is 0 Å². The van der Waals surface area contributed by atoms with E-state index in [4.69, 9.17) is 10.2 Å². The van der Waals surface area contributed by atoms with Crippen molar-refractivity contribution in [3.8, 4) is 28.3 Å². The number of benzene rings is 1. The van der Waals surface area contributed by atoms with Crippen molar-refractivity contribution in [3.63, 3.8) is 0 Å². The van der Waals surface area contributed by atoms with Crippen molar-refractivity contribution in [3.05, 3.63) is 67.6 Å². The molecule has 2 N–H and O–H groups in total. The zero-order valence-electron chi connectivity index (χ0n) is 12.1. The Balaban J connectivity index is 1.78. The van der Waals surface area contributed by atoms with Crippen LogP contribution in [-0.4, -0.2) is 19.5 Å². The van der Waals surface area contributed by atoms with E-state index in [1.54, 1.807) is 31.2 Å². The summed E-state index contributed by atoms with van der Waals surface area (Å²) in [5.74, 6) is 1.03. The number of hydrogen-bond donors (Lipinski definition) is 1. The standard InChI is InChI=1S/C17H13N5O/c18-17-20-8-13(9-21-17)12-3-1-4-14(7-12)22-11-19-10-15(22)16-5-2-6-23-16/h1-11H,(H2,18,20,21). The third-order valence-corrected chi connectivity index (χ3v) is 3.54. The molecule has 4 rings (SSSR count). The molecule has 0 bridgehead atoms. The lowest BCUT2D eigenvalue weighted by Crippen LogP contribution is -1.96. The van der Waals surface area contributed by atoms with Crippen LogP contribution in [0.2, 0.25) is 0 Å². The Labute approximate surface area is 132 Å². The number of rotatable bonds is 3. The van der Waals surface area contributed by atoms with Crippen LogP contribution in [0.25, 0.3) is 28.3 Å². The van der Waals surface area contributed by atoms with Crippen LogP contribution >= 0.6 is 0 Å². The van der Waals surface area contributed by atoms with E-state index in [2.05, 4.69) is 15.0 Å². The molecule has 0 atom stereocenters. The van der Waals surface area contributed by atoms with Gasteiger partial charge in [-0.25, -0.2) is 15.0 Å². The Morgan fingerprint density at radius 2 is 1.83 bits per heavy atom. The molecule has 0 saturated heterocycles. The first-order chi connectivity index (χ1) is 11.3. The van der Waals surface area contributed by atoms with Crippen LogP contribution in [0.15, 0.2) is 72.0 Å². The van der Waals surface area contributed by atoms with E-state index in [-0.39, 0.29) is 5.95 Å². The fourth-order valence-electron chi connectivity index (χ4n) is 2.43. The van der Waals surface area contributed by atoms with E-state index in [1.807, 2.05) is 41.0 Å². The molecule has 0 aliphatic rings. The molecule has 112 valence electrons. The number of nitrogens with zero attached hydrogens (tertiary/aromatic N) is 4. The maximum Gasteiger partial charge on any atom is 0.219 e. The molecule has 0 unspecified atom stereocenters. The molecule has 0 aliphatic heterocycles. The highest BCUT2D eigenvalue weighted by atomic mass is 16.3. The normalized spacial score (nSPS) is 10.8. The van der Waals surface area contributed by atoms with E-state index in [0.29, 0.717) is 0 Å². The van der Waals surface area contributed by atoms with E-state index < -0.39 is 0 Å². The molecular formula is C17H13N5O. The average Bonchev–Trinajstić information content (AvgIpc) is 3.27. The molecular weight excluding hydrogens is 290 g/mol. The smallest absolute Gasteiger partial charge is 0.219 e. The topological polar surface area (TPSA) is 82.8 Å². The summed E-state index contributed by atoms with van der Waals surface area (Å²) in [6.45, 7) is 0. The Morgan fingerprint density at radius 1 is 0.957 bits per heavy atom. The molecule has 0 aliphatic carbocycles. The first-order valence-electron chi connectivity index (χ1n) is 7.06. The molecule has 6 nitrogen and oxygen atoms in total. The molecule has 3 aromatic heterocycles. The number of nitrogens with two attached hydrogens (primary N) is 1. The van der Waals surface area contributed by atoms with Gasteiger partial charge < -0.3 is 10.2 Å². The van der Waals surface area contributed by atoms with E-state index >= 15 is 0 Å². The molecule has 4 aromatic rings. The number of aromatic nitrogens is 4. The van der Waals surface area contributed by atoms with Crippen molar-refractivity contribution in [2.24, 2.45) is 0 Å². The Morgan fingerprint density at radius 3 is 2.61 bits per heavy atom. The fraction of sp³-hybridized carbons (Fsp3) is 0. The van der Waals surface area contributed by atoms with Crippen LogP contribution in [0.1, 0.15) is 0 Å². The minimum Gasteiger partial charge on any atom is -0.463 e. The van der Waals surface area contributed by atoms with E-state index in [9.17, 15) is 0 Å². The molecule has 0 radical (unpaired) electrons. The summed E-state index contributed by atoms with van der Waals surface area (Å²) in [6, 6.07) is 11.8. The predicted octanol–water partition coefficient (Wildman–Crippen LogP) is 3.17. The third-order valence-electron chi connectivity index (χ3n) is 3.54. The molecule has 3 heterocycles. The van der Waals surface area contributed by atoms with Crippen LogP contribution in [-0.2, 0) is 0 Å². The lowest BCUT2D eigenvalue weighted by Gasteiger charge is -2.09. The van der Waals surface area contributed by atoms with Crippen molar-refractivity contribution in [1.82, 2.24) is 19.5 Å². The molecule has 0 fully saturated rings. The van der Waals surface area contributed by atoms with Gasteiger partial charge in [0.05, 0.1) is 18.8 Å². The second-order valence-electron chi connectivity index (χ2n) is 5.01. The number of imidazole rings is 1. The summed E-state index contributed by atoms with van der Waals surface area (Å²) in [5, 5.41) is 0. The van der Waals surface area contributed by atoms with Gasteiger partial charge in [0.1, 0.15) is 5.69 Å². The fourth-order valence-corrected chi connectivity index (χ4v) is 2.43. The molecule has 0 spiro atoms. The molecule has 23 heavy (non-hydrogen) atoms. The summed E-state index contributed by atoms with van der Waals surface area (Å²) in [4.78, 5) is 12.3. The van der Waals surface area contributed by atoms with E-state index in [0.717, 1.165) is 28.3 Å². The minimum absolute atomic E-state index is 0.264. The SMILES string of the molecule is Nc1ncc(-c2cccc(-n3cncc3-c3ccco3)c2)cn1. The largest absolute Gasteiger partial charge is 0.463 e. The lowest BCUT2D eigenvalue weighted by atomic mass is 10.1. The van der Waals surface area contributed by atoms with Gasteiger partial charge in [-0.3, -0.25) is 4.57 Å². The zero-order valence-corrected chi connectivity index (χ0v) is 12.1. The van der Waals surface area contributed by atoms with E-state index in [1.165, 1.54) is 0 Å². The van der Waals surface area contributed by atoms with Gasteiger partial charge in [0.15, 0.2) is 5.76 Å². The van der Waals surface area contributed by atoms with Gasteiger partial charge >= 0.3 is 0 Å². The average molecular weight is 303 g/mol. The molecule has 0 saturated carbocycles. The predicted molar refractivity (Wildman–Crippen MR) is 86.7 cm³/mol. The summed E-state index contributed by atoms with van der Waals surface area (Å²) >= 11 is 0. The van der Waals surface area contributed by atoms with Crippen molar-refractivity contribution >= 4 is 5.95 Å². The van der Waals surface area contributed by atoms with Gasteiger partial charge in [0, 0.05) is 23.6 Å². The van der Waals surface area contributed by atoms with Gasteiger partial charge in [0.25, 0.3) is 0 Å². The van der Waals surface area contributed by atoms with Crippen molar-refractivity contribution in [2.45, 2.75) is 0 Å². The number of anilines is 1. The highest BCUT2D eigenvalue weighted by molar-refractivity contribution is 5.66. The highest BCUT2D eigenvalue weighted by Gasteiger charge is 2.10. The maximum atomic E-state index is 5.54. The molecule has 0 amide bonds. The van der Waals surface area contributed by atoms with Crippen molar-refractivity contribution in [2.75, 3.05) is 5.73 Å². The van der Waals surface area contributed by atoms with Crippen molar-refractivity contribution in [1.29, 1.82) is 0 Å². The summed E-state index contributed by atoms with van der Waals surface area (Å²) < 4.78 is 7.45. The maximum absolute atomic E-state index is 5.54. The highest BCUT2D eigenvalue weighted by Crippen LogP contribution is 2.26. The first kappa shape index (κ1) is 13.3. The molecule has 1 aromatic carbocycles. The van der Waals surface area contributed by atoms with Crippen LogP contribution in [0.4, 0.5) is 5.95 Å². The third kappa shape index (κ3) is 2.46. The van der Waals surface area contributed by atoms with Gasteiger partial charge in [-0.05, 0) is 29.8 Å². The van der Waals surface area contributed by atoms with Crippen molar-refractivity contribution < 1.29 is 4.42 Å². The summed E-state index contributed by atoms with van der Waals surface area (Å²) in [5.41, 5.74) is 9.31. The Bertz CT molecular complexity index is 926. The number of furan rings is 1. The quantitative estimate of drug-likeness (QED) is 0.628. The summed E-state index contributed by atoms with van der Waals surface area (Å²) in [7, 11) is 0. The van der Waals surface area contributed by atoms with Gasteiger partial charge in [-0.2, -0.15) is 0 Å².